The molecule has 3 rings (SSSR count). The van der Waals surface area contributed by atoms with Crippen LogP contribution in [0.2, 0.25) is 5.02 Å². The van der Waals surface area contributed by atoms with Crippen LogP contribution in [0.5, 0.6) is 5.75 Å². The summed E-state index contributed by atoms with van der Waals surface area (Å²) in [4.78, 5) is 28.6. The average Bonchev–Trinajstić information content (AvgIpc) is 2.74. The topological polar surface area (TPSA) is 59.1 Å². The van der Waals surface area contributed by atoms with Gasteiger partial charge in [-0.25, -0.2) is 4.79 Å². The standard InChI is InChI=1S/C21H23ClN2O4/c1-27-21(26)20(17-9-5-6-10-18(17)22)24-13-11-23(12-14-24)19(25)15-28-16-7-3-2-4-8-16/h2-10,20H,11-15H2,1H3. The molecule has 0 bridgehead atoms. The molecule has 2 aromatic carbocycles. The van der Waals surface area contributed by atoms with Gasteiger partial charge >= 0.3 is 5.97 Å². The van der Waals surface area contributed by atoms with Crippen LogP contribution < -0.4 is 4.74 Å². The van der Waals surface area contributed by atoms with E-state index in [1.54, 1.807) is 11.0 Å². The number of carbonyl (C=O) groups is 2. The molecule has 1 aliphatic rings. The molecule has 0 aliphatic carbocycles. The summed E-state index contributed by atoms with van der Waals surface area (Å²) < 4.78 is 10.5. The molecule has 1 fully saturated rings. The highest BCUT2D eigenvalue weighted by Gasteiger charge is 2.33. The summed E-state index contributed by atoms with van der Waals surface area (Å²) in [7, 11) is 1.37. The number of hydrogen-bond donors (Lipinski definition) is 0. The number of hydrogen-bond acceptors (Lipinski definition) is 5. The number of esters is 1. The second-order valence-corrected chi connectivity index (χ2v) is 6.87. The highest BCUT2D eigenvalue weighted by Crippen LogP contribution is 2.29. The van der Waals surface area contributed by atoms with Crippen molar-refractivity contribution in [2.24, 2.45) is 0 Å². The number of amides is 1. The highest BCUT2D eigenvalue weighted by atomic mass is 35.5. The fourth-order valence-corrected chi connectivity index (χ4v) is 3.50. The van der Waals surface area contributed by atoms with Gasteiger partial charge in [-0.15, -0.1) is 0 Å². The quantitative estimate of drug-likeness (QED) is 0.695. The lowest BCUT2D eigenvalue weighted by molar-refractivity contribution is -0.148. The van der Waals surface area contributed by atoms with Crippen LogP contribution in [0.4, 0.5) is 0 Å². The van der Waals surface area contributed by atoms with Gasteiger partial charge in [-0.3, -0.25) is 9.69 Å². The molecule has 0 radical (unpaired) electrons. The van der Waals surface area contributed by atoms with Crippen molar-refractivity contribution in [2.75, 3.05) is 39.9 Å². The Morgan fingerprint density at radius 2 is 1.64 bits per heavy atom. The Kier molecular flexibility index (Phi) is 6.90. The third kappa shape index (κ3) is 4.82. The smallest absolute Gasteiger partial charge is 0.327 e. The fourth-order valence-electron chi connectivity index (χ4n) is 3.26. The summed E-state index contributed by atoms with van der Waals surface area (Å²) >= 11 is 6.30. The molecule has 1 aliphatic heterocycles. The third-order valence-corrected chi connectivity index (χ3v) is 5.11. The first kappa shape index (κ1) is 20.2. The van der Waals surface area contributed by atoms with E-state index in [1.165, 1.54) is 7.11 Å². The normalized spacial score (nSPS) is 15.7. The Labute approximate surface area is 169 Å². The lowest BCUT2D eigenvalue weighted by Crippen LogP contribution is -2.52. The second kappa shape index (κ2) is 9.57. The molecule has 1 saturated heterocycles. The number of piperazine rings is 1. The summed E-state index contributed by atoms with van der Waals surface area (Å²) in [6.07, 6.45) is 0. The van der Waals surface area contributed by atoms with Crippen molar-refractivity contribution in [3.05, 3.63) is 65.2 Å². The number of carbonyl (C=O) groups excluding carboxylic acids is 2. The van der Waals surface area contributed by atoms with E-state index >= 15 is 0 Å². The summed E-state index contributed by atoms with van der Waals surface area (Å²) in [5.74, 6) is 0.232. The van der Waals surface area contributed by atoms with E-state index < -0.39 is 6.04 Å². The minimum atomic E-state index is -0.587. The van der Waals surface area contributed by atoms with Gasteiger partial charge in [0, 0.05) is 31.2 Å². The van der Waals surface area contributed by atoms with E-state index in [0.29, 0.717) is 42.5 Å². The van der Waals surface area contributed by atoms with E-state index in [1.807, 2.05) is 53.4 Å². The maximum Gasteiger partial charge on any atom is 0.327 e. The Morgan fingerprint density at radius 3 is 2.29 bits per heavy atom. The van der Waals surface area contributed by atoms with Crippen LogP contribution >= 0.6 is 11.6 Å². The first-order valence-electron chi connectivity index (χ1n) is 9.12. The zero-order valence-corrected chi connectivity index (χ0v) is 16.5. The molecule has 148 valence electrons. The Balaban J connectivity index is 1.60. The first-order chi connectivity index (χ1) is 13.6. The van der Waals surface area contributed by atoms with E-state index in [2.05, 4.69) is 0 Å². The van der Waals surface area contributed by atoms with Crippen LogP contribution in [0.3, 0.4) is 0 Å². The second-order valence-electron chi connectivity index (χ2n) is 6.47. The SMILES string of the molecule is COC(=O)C(c1ccccc1Cl)N1CCN(C(=O)COc2ccccc2)CC1. The van der Waals surface area contributed by atoms with Crippen molar-refractivity contribution < 1.29 is 19.1 Å². The van der Waals surface area contributed by atoms with Gasteiger partial charge in [-0.2, -0.15) is 0 Å². The fraction of sp³-hybridized carbons (Fsp3) is 0.333. The highest BCUT2D eigenvalue weighted by molar-refractivity contribution is 6.31. The van der Waals surface area contributed by atoms with Gasteiger partial charge in [0.1, 0.15) is 11.8 Å². The van der Waals surface area contributed by atoms with E-state index in [4.69, 9.17) is 21.1 Å². The average molecular weight is 403 g/mol. The molecular weight excluding hydrogens is 380 g/mol. The Bertz CT molecular complexity index is 807. The molecule has 0 spiro atoms. The summed E-state index contributed by atoms with van der Waals surface area (Å²) in [6, 6.07) is 15.9. The molecular formula is C21H23ClN2O4. The molecule has 2 aromatic rings. The molecule has 0 saturated carbocycles. The predicted octanol–water partition coefficient (Wildman–Crippen LogP) is 2.78. The minimum absolute atomic E-state index is 0.00500. The van der Waals surface area contributed by atoms with Gasteiger partial charge in [0.2, 0.25) is 0 Å². The van der Waals surface area contributed by atoms with Gasteiger partial charge < -0.3 is 14.4 Å². The number of ether oxygens (including phenoxy) is 2. The van der Waals surface area contributed by atoms with Crippen LogP contribution in [-0.2, 0) is 14.3 Å². The largest absolute Gasteiger partial charge is 0.484 e. The summed E-state index contributed by atoms with van der Waals surface area (Å²) in [5.41, 5.74) is 0.711. The molecule has 1 unspecified atom stereocenters. The van der Waals surface area contributed by atoms with E-state index in [9.17, 15) is 9.59 Å². The van der Waals surface area contributed by atoms with Crippen molar-refractivity contribution in [1.29, 1.82) is 0 Å². The number of nitrogens with zero attached hydrogens (tertiary/aromatic N) is 2. The molecule has 7 heteroatoms. The van der Waals surface area contributed by atoms with Crippen molar-refractivity contribution >= 4 is 23.5 Å². The molecule has 1 atom stereocenters. The van der Waals surface area contributed by atoms with Gasteiger partial charge in [0.05, 0.1) is 7.11 Å². The molecule has 0 aromatic heterocycles. The Morgan fingerprint density at radius 1 is 1.00 bits per heavy atom. The maximum absolute atomic E-state index is 12.4. The van der Waals surface area contributed by atoms with Crippen molar-refractivity contribution in [3.63, 3.8) is 0 Å². The zero-order valence-electron chi connectivity index (χ0n) is 15.7. The number of benzene rings is 2. The van der Waals surface area contributed by atoms with Crippen LogP contribution in [-0.4, -0.2) is 61.6 Å². The van der Waals surface area contributed by atoms with Gasteiger partial charge in [-0.05, 0) is 23.8 Å². The van der Waals surface area contributed by atoms with E-state index in [-0.39, 0.29) is 18.5 Å². The predicted molar refractivity (Wildman–Crippen MR) is 106 cm³/mol. The molecule has 1 heterocycles. The summed E-state index contributed by atoms with van der Waals surface area (Å²) in [6.45, 7) is 2.10. The van der Waals surface area contributed by atoms with Crippen molar-refractivity contribution in [1.82, 2.24) is 9.80 Å². The van der Waals surface area contributed by atoms with Crippen molar-refractivity contribution in [3.8, 4) is 5.75 Å². The zero-order chi connectivity index (χ0) is 19.9. The molecule has 1 amide bonds. The lowest BCUT2D eigenvalue weighted by atomic mass is 10.0. The third-order valence-electron chi connectivity index (χ3n) is 4.76. The maximum atomic E-state index is 12.4. The number of halogens is 1. The first-order valence-corrected chi connectivity index (χ1v) is 9.50. The van der Waals surface area contributed by atoms with Gasteiger partial charge in [-0.1, -0.05) is 48.0 Å². The summed E-state index contributed by atoms with van der Waals surface area (Å²) in [5, 5.41) is 0.521. The van der Waals surface area contributed by atoms with Crippen LogP contribution in [0.1, 0.15) is 11.6 Å². The van der Waals surface area contributed by atoms with Crippen LogP contribution in [0.25, 0.3) is 0 Å². The van der Waals surface area contributed by atoms with Crippen LogP contribution in [0, 0.1) is 0 Å². The van der Waals surface area contributed by atoms with Gasteiger partial charge in [0.25, 0.3) is 5.91 Å². The molecule has 0 N–H and O–H groups in total. The lowest BCUT2D eigenvalue weighted by Gasteiger charge is -2.38. The molecule has 6 nitrogen and oxygen atoms in total. The van der Waals surface area contributed by atoms with Crippen LogP contribution in [0.15, 0.2) is 54.6 Å². The number of methoxy groups -OCH3 is 1. The number of para-hydroxylation sites is 1. The molecule has 28 heavy (non-hydrogen) atoms. The van der Waals surface area contributed by atoms with E-state index in [0.717, 1.165) is 0 Å². The minimum Gasteiger partial charge on any atom is -0.484 e. The Hall–Kier alpha value is -2.57. The number of rotatable bonds is 6. The van der Waals surface area contributed by atoms with Crippen molar-refractivity contribution in [2.45, 2.75) is 6.04 Å². The monoisotopic (exact) mass is 402 g/mol. The van der Waals surface area contributed by atoms with Gasteiger partial charge in [0.15, 0.2) is 6.61 Å².